The van der Waals surface area contributed by atoms with E-state index in [1.165, 1.54) is 6.42 Å². The largest absolute Gasteiger partial charge is 0.341 e. The van der Waals surface area contributed by atoms with Gasteiger partial charge in [-0.05, 0) is 32.2 Å². The molecule has 0 bridgehead atoms. The highest BCUT2D eigenvalue weighted by Gasteiger charge is 2.21. The van der Waals surface area contributed by atoms with Gasteiger partial charge in [0.05, 0.1) is 0 Å². The molecular weight excluding hydrogens is 200 g/mol. The molecule has 1 saturated heterocycles. The van der Waals surface area contributed by atoms with E-state index >= 15 is 0 Å². The molecule has 1 rings (SSSR count). The number of likely N-dealkylation sites (N-methyl/N-ethyl adjacent to an activating group) is 1. The Bertz CT molecular complexity index is 218. The molecule has 1 fully saturated rings. The minimum Gasteiger partial charge on any atom is -0.341 e. The van der Waals surface area contributed by atoms with E-state index in [-0.39, 0.29) is 0 Å². The molecule has 0 saturated carbocycles. The van der Waals surface area contributed by atoms with Crippen LogP contribution in [0.5, 0.6) is 0 Å². The number of carbonyl (C=O) groups excluding carboxylic acids is 1. The molecule has 0 aromatic carbocycles. The number of hydrogen-bond acceptors (Lipinski definition) is 2. The molecule has 2 unspecified atom stereocenters. The Morgan fingerprint density at radius 1 is 1.50 bits per heavy atom. The van der Waals surface area contributed by atoms with E-state index in [2.05, 4.69) is 24.1 Å². The predicted octanol–water partition coefficient (Wildman–Crippen LogP) is 2.02. The van der Waals surface area contributed by atoms with Gasteiger partial charge in [0.2, 0.25) is 5.91 Å². The summed E-state index contributed by atoms with van der Waals surface area (Å²) in [7, 11) is 1.99. The first-order chi connectivity index (χ1) is 7.67. The summed E-state index contributed by atoms with van der Waals surface area (Å²) in [5.74, 6) is 1.05. The fraction of sp³-hybridized carbons (Fsp3) is 0.923. The molecule has 1 aliphatic heterocycles. The maximum absolute atomic E-state index is 11.9. The predicted molar refractivity (Wildman–Crippen MR) is 67.4 cm³/mol. The van der Waals surface area contributed by atoms with E-state index in [1.807, 2.05) is 7.05 Å². The molecule has 1 heterocycles. The molecular formula is C13H26N2O. The average molecular weight is 226 g/mol. The van der Waals surface area contributed by atoms with E-state index < -0.39 is 0 Å². The number of likely N-dealkylation sites (tertiary alicyclic amines) is 1. The molecule has 16 heavy (non-hydrogen) atoms. The Kier molecular flexibility index (Phi) is 5.81. The lowest BCUT2D eigenvalue weighted by Crippen LogP contribution is -2.42. The van der Waals surface area contributed by atoms with Crippen LogP contribution in [0.2, 0.25) is 0 Å². The first-order valence-electron chi connectivity index (χ1n) is 6.62. The highest BCUT2D eigenvalue weighted by molar-refractivity contribution is 5.76. The van der Waals surface area contributed by atoms with Crippen LogP contribution in [0.25, 0.3) is 0 Å². The molecule has 0 spiro atoms. The van der Waals surface area contributed by atoms with Crippen molar-refractivity contribution in [1.82, 2.24) is 10.2 Å². The Hall–Kier alpha value is -0.570. The van der Waals surface area contributed by atoms with Crippen molar-refractivity contribution in [1.29, 1.82) is 0 Å². The fourth-order valence-electron chi connectivity index (χ4n) is 2.31. The van der Waals surface area contributed by atoms with Gasteiger partial charge in [-0.1, -0.05) is 20.3 Å². The number of amides is 1. The third-order valence-electron chi connectivity index (χ3n) is 3.58. The van der Waals surface area contributed by atoms with Gasteiger partial charge in [-0.2, -0.15) is 0 Å². The van der Waals surface area contributed by atoms with Gasteiger partial charge in [-0.15, -0.1) is 0 Å². The summed E-state index contributed by atoms with van der Waals surface area (Å²) >= 11 is 0. The topological polar surface area (TPSA) is 32.3 Å². The highest BCUT2D eigenvalue weighted by atomic mass is 16.2. The number of rotatable bonds is 5. The molecule has 0 radical (unpaired) electrons. The molecule has 1 amide bonds. The molecule has 0 aromatic rings. The zero-order chi connectivity index (χ0) is 12.0. The van der Waals surface area contributed by atoms with Crippen molar-refractivity contribution in [3.63, 3.8) is 0 Å². The highest BCUT2D eigenvalue weighted by Crippen LogP contribution is 2.17. The summed E-state index contributed by atoms with van der Waals surface area (Å²) in [6, 6.07) is 0.461. The Labute approximate surface area is 99.6 Å². The monoisotopic (exact) mass is 226 g/mol. The van der Waals surface area contributed by atoms with Crippen LogP contribution < -0.4 is 5.32 Å². The third kappa shape index (κ3) is 4.12. The van der Waals surface area contributed by atoms with Crippen LogP contribution in [-0.2, 0) is 4.79 Å². The Balaban J connectivity index is 2.46. The summed E-state index contributed by atoms with van der Waals surface area (Å²) in [4.78, 5) is 14.0. The SMILES string of the molecule is CCCC(CN1CCC(C)CCC1=O)NC. The van der Waals surface area contributed by atoms with E-state index in [9.17, 15) is 4.79 Å². The van der Waals surface area contributed by atoms with Gasteiger partial charge in [0.1, 0.15) is 0 Å². The molecule has 94 valence electrons. The van der Waals surface area contributed by atoms with Crippen LogP contribution in [0.4, 0.5) is 0 Å². The molecule has 0 aliphatic carbocycles. The van der Waals surface area contributed by atoms with Crippen molar-refractivity contribution in [2.24, 2.45) is 5.92 Å². The number of hydrogen-bond donors (Lipinski definition) is 1. The van der Waals surface area contributed by atoms with Crippen molar-refractivity contribution in [2.45, 2.75) is 52.0 Å². The second-order valence-corrected chi connectivity index (χ2v) is 5.05. The van der Waals surface area contributed by atoms with Crippen molar-refractivity contribution in [2.75, 3.05) is 20.1 Å². The second-order valence-electron chi connectivity index (χ2n) is 5.05. The van der Waals surface area contributed by atoms with Crippen molar-refractivity contribution >= 4 is 5.91 Å². The van der Waals surface area contributed by atoms with Gasteiger partial charge in [0.25, 0.3) is 0 Å². The smallest absolute Gasteiger partial charge is 0.222 e. The number of nitrogens with one attached hydrogen (secondary N) is 1. The van der Waals surface area contributed by atoms with Crippen LogP contribution in [-0.4, -0.2) is 37.0 Å². The average Bonchev–Trinajstić information content (AvgIpc) is 2.43. The molecule has 1 aliphatic rings. The van der Waals surface area contributed by atoms with Gasteiger partial charge in [0, 0.05) is 25.6 Å². The Morgan fingerprint density at radius 2 is 2.25 bits per heavy atom. The summed E-state index contributed by atoms with van der Waals surface area (Å²) in [5.41, 5.74) is 0. The molecule has 1 N–H and O–H groups in total. The number of carbonyl (C=O) groups is 1. The summed E-state index contributed by atoms with van der Waals surface area (Å²) in [6.45, 7) is 6.27. The fourth-order valence-corrected chi connectivity index (χ4v) is 2.31. The third-order valence-corrected chi connectivity index (χ3v) is 3.58. The van der Waals surface area contributed by atoms with Crippen molar-refractivity contribution < 1.29 is 4.79 Å². The summed E-state index contributed by atoms with van der Waals surface area (Å²) in [6.07, 6.45) is 5.28. The lowest BCUT2D eigenvalue weighted by molar-refractivity contribution is -0.131. The summed E-state index contributed by atoms with van der Waals surface area (Å²) < 4.78 is 0. The minimum absolute atomic E-state index is 0.348. The van der Waals surface area contributed by atoms with Crippen LogP contribution in [0.15, 0.2) is 0 Å². The van der Waals surface area contributed by atoms with Crippen LogP contribution in [0, 0.1) is 5.92 Å². The van der Waals surface area contributed by atoms with Gasteiger partial charge >= 0.3 is 0 Å². The standard InChI is InChI=1S/C13H26N2O/c1-4-5-12(14-3)10-15-9-8-11(2)6-7-13(15)16/h11-12,14H,4-10H2,1-3H3. The van der Waals surface area contributed by atoms with Crippen molar-refractivity contribution in [3.05, 3.63) is 0 Å². The summed E-state index contributed by atoms with van der Waals surface area (Å²) in [5, 5.41) is 3.31. The van der Waals surface area contributed by atoms with Crippen LogP contribution in [0.1, 0.15) is 46.0 Å². The van der Waals surface area contributed by atoms with Crippen molar-refractivity contribution in [3.8, 4) is 0 Å². The first kappa shape index (κ1) is 13.5. The zero-order valence-corrected chi connectivity index (χ0v) is 11.0. The number of nitrogens with zero attached hydrogens (tertiary/aromatic N) is 1. The van der Waals surface area contributed by atoms with Gasteiger partial charge in [-0.3, -0.25) is 4.79 Å². The Morgan fingerprint density at radius 3 is 2.88 bits per heavy atom. The maximum Gasteiger partial charge on any atom is 0.222 e. The van der Waals surface area contributed by atoms with Crippen LogP contribution >= 0.6 is 0 Å². The molecule has 3 heteroatoms. The maximum atomic E-state index is 11.9. The van der Waals surface area contributed by atoms with E-state index in [0.717, 1.165) is 38.8 Å². The quantitative estimate of drug-likeness (QED) is 0.778. The van der Waals surface area contributed by atoms with E-state index in [4.69, 9.17) is 0 Å². The molecule has 2 atom stereocenters. The van der Waals surface area contributed by atoms with Gasteiger partial charge in [-0.25, -0.2) is 0 Å². The van der Waals surface area contributed by atoms with Crippen LogP contribution in [0.3, 0.4) is 0 Å². The second kappa shape index (κ2) is 6.89. The van der Waals surface area contributed by atoms with Gasteiger partial charge < -0.3 is 10.2 Å². The van der Waals surface area contributed by atoms with E-state index in [1.54, 1.807) is 0 Å². The minimum atomic E-state index is 0.348. The lowest BCUT2D eigenvalue weighted by Gasteiger charge is -2.26. The van der Waals surface area contributed by atoms with Gasteiger partial charge in [0.15, 0.2) is 0 Å². The zero-order valence-electron chi connectivity index (χ0n) is 11.0. The normalized spacial score (nSPS) is 24.3. The molecule has 0 aromatic heterocycles. The van der Waals surface area contributed by atoms with E-state index in [0.29, 0.717) is 17.9 Å². The first-order valence-corrected chi connectivity index (χ1v) is 6.62. The molecule has 3 nitrogen and oxygen atoms in total. The lowest BCUT2D eigenvalue weighted by atomic mass is 10.0.